The first kappa shape index (κ1) is 20.3. The van der Waals surface area contributed by atoms with E-state index in [0.717, 1.165) is 12.5 Å². The smallest absolute Gasteiger partial charge is 0.247 e. The first-order valence-electron chi connectivity index (χ1n) is 10.1. The molecule has 1 spiro atoms. The lowest BCUT2D eigenvalue weighted by atomic mass is 9.92. The lowest BCUT2D eigenvalue weighted by Crippen LogP contribution is -2.39. The summed E-state index contributed by atoms with van der Waals surface area (Å²) in [4.78, 5) is 0.0208. The van der Waals surface area contributed by atoms with Crippen LogP contribution in [0, 0.1) is 24.0 Å². The Kier molecular flexibility index (Phi) is 4.71. The van der Waals surface area contributed by atoms with Gasteiger partial charge in [-0.2, -0.15) is 4.31 Å². The minimum atomic E-state index is -3.75. The molecule has 1 aromatic heterocycles. The molecule has 2 aliphatic rings. The Morgan fingerprint density at radius 2 is 1.81 bits per heavy atom. The molecule has 1 aliphatic heterocycles. The number of nitrogens with zero attached hydrogens (tertiary/aromatic N) is 3. The van der Waals surface area contributed by atoms with Gasteiger partial charge in [-0.05, 0) is 67.5 Å². The molecule has 162 valence electrons. The van der Waals surface area contributed by atoms with Gasteiger partial charge in [0, 0.05) is 24.6 Å². The second kappa shape index (κ2) is 7.20. The van der Waals surface area contributed by atoms with Crippen LogP contribution in [0.2, 0.25) is 0 Å². The summed E-state index contributed by atoms with van der Waals surface area (Å²) >= 11 is 0. The van der Waals surface area contributed by atoms with E-state index < -0.39 is 15.8 Å². The highest BCUT2D eigenvalue weighted by Gasteiger charge is 2.59. The van der Waals surface area contributed by atoms with Crippen molar-refractivity contribution in [2.75, 3.05) is 13.1 Å². The van der Waals surface area contributed by atoms with Gasteiger partial charge in [0.1, 0.15) is 11.6 Å². The zero-order valence-electron chi connectivity index (χ0n) is 16.9. The van der Waals surface area contributed by atoms with Crippen molar-refractivity contribution in [3.8, 4) is 11.5 Å². The van der Waals surface area contributed by atoms with Crippen molar-refractivity contribution in [3.05, 3.63) is 65.6 Å². The largest absolute Gasteiger partial charge is 0.420 e. The van der Waals surface area contributed by atoms with Crippen molar-refractivity contribution in [2.24, 2.45) is 5.41 Å². The predicted octanol–water partition coefficient (Wildman–Crippen LogP) is 4.28. The van der Waals surface area contributed by atoms with E-state index in [2.05, 4.69) is 10.2 Å². The molecule has 0 unspecified atom stereocenters. The maximum Gasteiger partial charge on any atom is 0.247 e. The summed E-state index contributed by atoms with van der Waals surface area (Å²) in [6.45, 7) is 2.39. The third kappa shape index (κ3) is 3.55. The molecule has 1 aliphatic carbocycles. The second-order valence-corrected chi connectivity index (χ2v) is 10.3. The molecule has 0 bridgehead atoms. The van der Waals surface area contributed by atoms with Crippen LogP contribution in [-0.4, -0.2) is 36.0 Å². The fraction of sp³-hybridized carbons (Fsp3) is 0.364. The molecule has 2 heterocycles. The number of hydrogen-bond acceptors (Lipinski definition) is 5. The zero-order valence-corrected chi connectivity index (χ0v) is 17.7. The van der Waals surface area contributed by atoms with Crippen molar-refractivity contribution < 1.29 is 21.6 Å². The Bertz CT molecular complexity index is 1250. The molecule has 1 atom stereocenters. The molecule has 0 amide bonds. The van der Waals surface area contributed by atoms with Gasteiger partial charge in [-0.3, -0.25) is 0 Å². The zero-order chi connectivity index (χ0) is 21.8. The lowest BCUT2D eigenvalue weighted by molar-refractivity contribution is 0.246. The second-order valence-electron chi connectivity index (χ2n) is 8.39. The van der Waals surface area contributed by atoms with Gasteiger partial charge in [-0.1, -0.05) is 12.1 Å². The molecule has 5 rings (SSSR count). The number of sulfonamides is 1. The standard InChI is InChI=1S/C22H21F2N3O3S/c1-14-5-6-17(24)12-19(14)31(28,29)27-9-7-22(8-10-27)13-18(22)21-26-25-20(30-21)15-3-2-4-16(23)11-15/h2-6,11-12,18H,7-10,13H2,1H3/t18-/m1/s1. The van der Waals surface area contributed by atoms with E-state index in [1.54, 1.807) is 19.1 Å². The molecule has 0 N–H and O–H groups in total. The summed E-state index contributed by atoms with van der Waals surface area (Å²) in [5.41, 5.74) is 0.996. The molecule has 31 heavy (non-hydrogen) atoms. The topological polar surface area (TPSA) is 76.3 Å². The molecule has 2 fully saturated rings. The van der Waals surface area contributed by atoms with Crippen molar-refractivity contribution in [1.29, 1.82) is 0 Å². The maximum atomic E-state index is 13.6. The predicted molar refractivity (Wildman–Crippen MR) is 109 cm³/mol. The highest BCUT2D eigenvalue weighted by atomic mass is 32.2. The van der Waals surface area contributed by atoms with Crippen LogP contribution in [0.25, 0.3) is 11.5 Å². The van der Waals surface area contributed by atoms with E-state index >= 15 is 0 Å². The highest BCUT2D eigenvalue weighted by Crippen LogP contribution is 2.64. The van der Waals surface area contributed by atoms with E-state index in [1.807, 2.05) is 0 Å². The number of hydrogen-bond donors (Lipinski definition) is 0. The van der Waals surface area contributed by atoms with Crippen LogP contribution in [0.15, 0.2) is 51.8 Å². The molecule has 9 heteroatoms. The van der Waals surface area contributed by atoms with Crippen LogP contribution in [0.3, 0.4) is 0 Å². The van der Waals surface area contributed by atoms with E-state index in [0.29, 0.717) is 42.9 Å². The van der Waals surface area contributed by atoms with Crippen LogP contribution < -0.4 is 0 Å². The SMILES string of the molecule is Cc1ccc(F)cc1S(=O)(=O)N1CCC2(CC1)C[C@@H]2c1nnc(-c2cccc(F)c2)o1. The molecule has 1 saturated carbocycles. The van der Waals surface area contributed by atoms with Gasteiger partial charge in [0.15, 0.2) is 0 Å². The number of benzene rings is 2. The Labute approximate surface area is 179 Å². The molecular weight excluding hydrogens is 424 g/mol. The Hall–Kier alpha value is -2.65. The number of aryl methyl sites for hydroxylation is 1. The van der Waals surface area contributed by atoms with E-state index in [4.69, 9.17) is 4.42 Å². The van der Waals surface area contributed by atoms with Crippen LogP contribution in [-0.2, 0) is 10.0 Å². The number of halogens is 2. The Morgan fingerprint density at radius 3 is 2.55 bits per heavy atom. The molecule has 0 radical (unpaired) electrons. The molecule has 1 saturated heterocycles. The number of aromatic nitrogens is 2. The van der Waals surface area contributed by atoms with Crippen molar-refractivity contribution >= 4 is 10.0 Å². The van der Waals surface area contributed by atoms with Gasteiger partial charge in [-0.15, -0.1) is 10.2 Å². The third-order valence-electron chi connectivity index (χ3n) is 6.49. The minimum Gasteiger partial charge on any atom is -0.420 e. The van der Waals surface area contributed by atoms with Gasteiger partial charge >= 0.3 is 0 Å². The van der Waals surface area contributed by atoms with Crippen molar-refractivity contribution in [1.82, 2.24) is 14.5 Å². The minimum absolute atomic E-state index is 0.0208. The number of rotatable bonds is 4. The fourth-order valence-corrected chi connectivity index (χ4v) is 6.20. The molecule has 6 nitrogen and oxygen atoms in total. The van der Waals surface area contributed by atoms with E-state index in [9.17, 15) is 17.2 Å². The lowest BCUT2D eigenvalue weighted by Gasteiger charge is -2.32. The Morgan fingerprint density at radius 1 is 1.06 bits per heavy atom. The van der Waals surface area contributed by atoms with E-state index in [-0.39, 0.29) is 27.9 Å². The van der Waals surface area contributed by atoms with Gasteiger partial charge in [0.05, 0.1) is 4.90 Å². The van der Waals surface area contributed by atoms with Crippen LogP contribution in [0.4, 0.5) is 8.78 Å². The van der Waals surface area contributed by atoms with Crippen molar-refractivity contribution in [3.63, 3.8) is 0 Å². The van der Waals surface area contributed by atoms with Gasteiger partial charge in [0.2, 0.25) is 21.8 Å². The Balaban J connectivity index is 1.29. The normalized spacial score (nSPS) is 20.8. The van der Waals surface area contributed by atoms with Gasteiger partial charge in [-0.25, -0.2) is 17.2 Å². The summed E-state index contributed by atoms with van der Waals surface area (Å²) in [6.07, 6.45) is 2.19. The van der Waals surface area contributed by atoms with Crippen LogP contribution in [0.1, 0.15) is 36.6 Å². The highest BCUT2D eigenvalue weighted by molar-refractivity contribution is 7.89. The summed E-state index contributed by atoms with van der Waals surface area (Å²) in [5.74, 6) is -0.0783. The average molecular weight is 445 g/mol. The van der Waals surface area contributed by atoms with Crippen LogP contribution in [0.5, 0.6) is 0 Å². The van der Waals surface area contributed by atoms with Crippen LogP contribution >= 0.6 is 0 Å². The summed E-state index contributed by atoms with van der Waals surface area (Å²) < 4.78 is 60.4. The third-order valence-corrected chi connectivity index (χ3v) is 8.53. The molecular formula is C22H21F2N3O3S. The van der Waals surface area contributed by atoms with Crippen molar-refractivity contribution in [2.45, 2.75) is 37.0 Å². The van der Waals surface area contributed by atoms with Gasteiger partial charge < -0.3 is 4.42 Å². The summed E-state index contributed by atoms with van der Waals surface area (Å²) in [6, 6.07) is 9.82. The summed E-state index contributed by atoms with van der Waals surface area (Å²) in [7, 11) is -3.75. The fourth-order valence-electron chi connectivity index (χ4n) is 4.53. The quantitative estimate of drug-likeness (QED) is 0.599. The summed E-state index contributed by atoms with van der Waals surface area (Å²) in [5, 5.41) is 8.21. The number of piperidine rings is 1. The van der Waals surface area contributed by atoms with Gasteiger partial charge in [0.25, 0.3) is 0 Å². The van der Waals surface area contributed by atoms with E-state index in [1.165, 1.54) is 28.6 Å². The first-order valence-corrected chi connectivity index (χ1v) is 11.6. The average Bonchev–Trinajstić information content (AvgIpc) is 3.21. The molecule has 2 aromatic carbocycles. The first-order chi connectivity index (χ1) is 14.8. The molecule has 3 aromatic rings. The monoisotopic (exact) mass is 445 g/mol. The maximum absolute atomic E-state index is 13.6.